The van der Waals surface area contributed by atoms with Crippen LogP contribution in [-0.4, -0.2) is 79.5 Å². The van der Waals surface area contributed by atoms with Gasteiger partial charge in [-0.1, -0.05) is 72.8 Å². The second-order valence-corrected chi connectivity index (χ2v) is 11.7. The molecule has 0 spiro atoms. The third-order valence-corrected chi connectivity index (χ3v) is 7.86. The number of amides is 5. The van der Waals surface area contributed by atoms with Crippen molar-refractivity contribution in [3.63, 3.8) is 0 Å². The Morgan fingerprint density at radius 1 is 0.833 bits per heavy atom. The Labute approximate surface area is 275 Å². The van der Waals surface area contributed by atoms with Crippen molar-refractivity contribution in [2.45, 2.75) is 31.3 Å². The van der Waals surface area contributed by atoms with Gasteiger partial charge in [-0.25, -0.2) is 13.9 Å². The molecule has 0 bridgehead atoms. The van der Waals surface area contributed by atoms with E-state index >= 15 is 0 Å². The summed E-state index contributed by atoms with van der Waals surface area (Å²) in [7, 11) is -3.28. The molecule has 3 aromatic rings. The SMILES string of the molecule is COc1ccc(COC(=O)NCC(NC(=O)OCc2ccccc2)C(=O)NC(C(=O)NC2CN(S(=O)(=O)O)C2=O)c2ccccc2)cc1. The van der Waals surface area contributed by atoms with E-state index in [1.807, 2.05) is 0 Å². The van der Waals surface area contributed by atoms with Gasteiger partial charge in [0.1, 0.15) is 37.1 Å². The summed E-state index contributed by atoms with van der Waals surface area (Å²) in [5.41, 5.74) is 1.61. The van der Waals surface area contributed by atoms with Gasteiger partial charge in [-0.15, -0.1) is 0 Å². The molecular formula is C31H33N5O11S. The Balaban J connectivity index is 1.44. The first-order valence-electron chi connectivity index (χ1n) is 14.4. The molecule has 4 rings (SSSR count). The van der Waals surface area contributed by atoms with Crippen LogP contribution in [0.4, 0.5) is 9.59 Å². The molecule has 0 aromatic heterocycles. The topological polar surface area (TPSA) is 219 Å². The average Bonchev–Trinajstić information content (AvgIpc) is 3.08. The first-order chi connectivity index (χ1) is 22.9. The van der Waals surface area contributed by atoms with Crippen LogP contribution in [0.1, 0.15) is 22.7 Å². The number of hydrogen-bond donors (Lipinski definition) is 5. The van der Waals surface area contributed by atoms with E-state index in [9.17, 15) is 32.4 Å². The minimum absolute atomic E-state index is 0.107. The number of nitrogens with one attached hydrogen (secondary N) is 4. The monoisotopic (exact) mass is 683 g/mol. The maximum absolute atomic E-state index is 13.6. The lowest BCUT2D eigenvalue weighted by Crippen LogP contribution is -2.66. The first kappa shape index (κ1) is 35.2. The fourth-order valence-corrected chi connectivity index (χ4v) is 5.07. The number of nitrogens with zero attached hydrogens (tertiary/aromatic N) is 1. The zero-order chi connectivity index (χ0) is 34.7. The van der Waals surface area contributed by atoms with Crippen molar-refractivity contribution in [3.05, 3.63) is 102 Å². The second-order valence-electron chi connectivity index (χ2n) is 10.3. The van der Waals surface area contributed by atoms with Gasteiger partial charge in [0.05, 0.1) is 20.2 Å². The molecule has 1 fully saturated rings. The van der Waals surface area contributed by atoms with Crippen molar-refractivity contribution in [1.29, 1.82) is 0 Å². The zero-order valence-corrected chi connectivity index (χ0v) is 26.3. The molecule has 0 aliphatic carbocycles. The molecule has 0 saturated carbocycles. The third-order valence-electron chi connectivity index (χ3n) is 6.97. The fourth-order valence-electron chi connectivity index (χ4n) is 4.38. The maximum atomic E-state index is 13.6. The van der Waals surface area contributed by atoms with E-state index in [1.165, 1.54) is 19.2 Å². The lowest BCUT2D eigenvalue weighted by atomic mass is 10.0. The standard InChI is InChI=1S/C31H33N5O11S/c1-45-23-14-12-21(13-15-23)19-46-30(40)32-16-24(34-31(41)47-18-20-8-4-2-5-9-20)27(37)35-26(22-10-6-3-7-11-22)28(38)33-25-17-36(29(25)39)48(42,43)44/h2-15,24-26H,16-19H2,1H3,(H,32,40)(H,33,38)(H,34,41)(H,35,37)(H,42,43,44). The predicted octanol–water partition coefficient (Wildman–Crippen LogP) is 1.20. The summed E-state index contributed by atoms with van der Waals surface area (Å²) < 4.78 is 47.4. The molecule has 1 saturated heterocycles. The van der Waals surface area contributed by atoms with Gasteiger partial charge in [-0.05, 0) is 28.8 Å². The molecule has 1 aliphatic heterocycles. The quantitative estimate of drug-likeness (QED) is 0.120. The molecule has 1 aliphatic rings. The summed E-state index contributed by atoms with van der Waals surface area (Å²) >= 11 is 0. The number of carbonyl (C=O) groups excluding carboxylic acids is 5. The lowest BCUT2D eigenvalue weighted by molar-refractivity contribution is -0.141. The predicted molar refractivity (Wildman–Crippen MR) is 167 cm³/mol. The van der Waals surface area contributed by atoms with E-state index in [-0.39, 0.29) is 23.1 Å². The molecule has 3 unspecified atom stereocenters. The summed E-state index contributed by atoms with van der Waals surface area (Å²) in [4.78, 5) is 64.3. The summed E-state index contributed by atoms with van der Waals surface area (Å²) in [5.74, 6) is -2.27. The number of rotatable bonds is 14. The van der Waals surface area contributed by atoms with Crippen molar-refractivity contribution < 1.29 is 51.2 Å². The Kier molecular flexibility index (Phi) is 11.9. The Bertz CT molecular complexity index is 1710. The number of carbonyl (C=O) groups is 5. The number of alkyl carbamates (subject to hydrolysis) is 2. The van der Waals surface area contributed by atoms with E-state index in [0.29, 0.717) is 16.9 Å². The molecule has 3 atom stereocenters. The number of hydrogen-bond acceptors (Lipinski definition) is 10. The van der Waals surface area contributed by atoms with Crippen molar-refractivity contribution in [3.8, 4) is 5.75 Å². The van der Waals surface area contributed by atoms with Gasteiger partial charge in [-0.2, -0.15) is 8.42 Å². The average molecular weight is 684 g/mol. The second kappa shape index (κ2) is 16.2. The Morgan fingerprint density at radius 3 is 2.00 bits per heavy atom. The van der Waals surface area contributed by atoms with Gasteiger partial charge in [0.25, 0.3) is 5.91 Å². The summed E-state index contributed by atoms with van der Waals surface area (Å²) in [6, 6.07) is 19.2. The molecule has 5 N–H and O–H groups in total. The highest BCUT2D eigenvalue weighted by Gasteiger charge is 2.45. The molecule has 1 heterocycles. The lowest BCUT2D eigenvalue weighted by Gasteiger charge is -2.36. The largest absolute Gasteiger partial charge is 0.497 e. The summed E-state index contributed by atoms with van der Waals surface area (Å²) in [5, 5.41) is 9.62. The zero-order valence-electron chi connectivity index (χ0n) is 25.5. The number of β-lactam (4-membered cyclic amide) rings is 1. The molecule has 5 amide bonds. The highest BCUT2D eigenvalue weighted by Crippen LogP contribution is 2.18. The van der Waals surface area contributed by atoms with Crippen molar-refractivity contribution in [2.75, 3.05) is 20.2 Å². The molecule has 48 heavy (non-hydrogen) atoms. The minimum atomic E-state index is -4.80. The smallest absolute Gasteiger partial charge is 0.408 e. The molecular weight excluding hydrogens is 650 g/mol. The van der Waals surface area contributed by atoms with Crippen molar-refractivity contribution >= 4 is 40.2 Å². The molecule has 0 radical (unpaired) electrons. The minimum Gasteiger partial charge on any atom is -0.497 e. The highest BCUT2D eigenvalue weighted by atomic mass is 32.2. The van der Waals surface area contributed by atoms with Crippen LogP contribution in [0.5, 0.6) is 5.75 Å². The fraction of sp³-hybridized carbons (Fsp3) is 0.258. The van der Waals surface area contributed by atoms with Gasteiger partial charge in [0, 0.05) is 0 Å². The van der Waals surface area contributed by atoms with E-state index < -0.39 is 71.4 Å². The van der Waals surface area contributed by atoms with E-state index in [4.69, 9.17) is 18.8 Å². The normalized spacial score (nSPS) is 15.2. The first-order valence-corrected chi connectivity index (χ1v) is 15.8. The number of methoxy groups -OCH3 is 1. The molecule has 3 aromatic carbocycles. The van der Waals surface area contributed by atoms with Crippen LogP contribution in [-0.2, 0) is 47.4 Å². The molecule has 254 valence electrons. The Morgan fingerprint density at radius 2 is 1.42 bits per heavy atom. The van der Waals surface area contributed by atoms with Crippen LogP contribution in [0.15, 0.2) is 84.9 Å². The van der Waals surface area contributed by atoms with Crippen LogP contribution in [0.3, 0.4) is 0 Å². The van der Waals surface area contributed by atoms with Crippen LogP contribution in [0, 0.1) is 0 Å². The highest BCUT2D eigenvalue weighted by molar-refractivity contribution is 7.84. The van der Waals surface area contributed by atoms with Crippen LogP contribution < -0.4 is 26.0 Å². The van der Waals surface area contributed by atoms with E-state index in [1.54, 1.807) is 72.8 Å². The third kappa shape index (κ3) is 9.91. The van der Waals surface area contributed by atoms with Crippen LogP contribution >= 0.6 is 0 Å². The van der Waals surface area contributed by atoms with Gasteiger partial charge in [0.2, 0.25) is 11.8 Å². The summed E-state index contributed by atoms with van der Waals surface area (Å²) in [6.45, 7) is -1.23. The van der Waals surface area contributed by atoms with Gasteiger partial charge in [-0.3, -0.25) is 18.9 Å². The van der Waals surface area contributed by atoms with Crippen molar-refractivity contribution in [2.24, 2.45) is 0 Å². The van der Waals surface area contributed by atoms with Gasteiger partial charge in [0.15, 0.2) is 0 Å². The number of benzene rings is 3. The van der Waals surface area contributed by atoms with E-state index in [2.05, 4.69) is 21.3 Å². The van der Waals surface area contributed by atoms with Crippen LogP contribution in [0.25, 0.3) is 0 Å². The van der Waals surface area contributed by atoms with Gasteiger partial charge >= 0.3 is 22.5 Å². The van der Waals surface area contributed by atoms with E-state index in [0.717, 1.165) is 0 Å². The van der Waals surface area contributed by atoms with Crippen LogP contribution in [0.2, 0.25) is 0 Å². The van der Waals surface area contributed by atoms with Gasteiger partial charge < -0.3 is 35.5 Å². The number of ether oxygens (including phenoxy) is 3. The molecule has 16 nitrogen and oxygen atoms in total. The summed E-state index contributed by atoms with van der Waals surface area (Å²) in [6.07, 6.45) is -1.91. The molecule has 17 heteroatoms. The Hall–Kier alpha value is -5.68. The van der Waals surface area contributed by atoms with Crippen molar-refractivity contribution in [1.82, 2.24) is 25.6 Å². The maximum Gasteiger partial charge on any atom is 0.408 e.